The van der Waals surface area contributed by atoms with E-state index in [1.807, 2.05) is 23.5 Å². The molecule has 76 valence electrons. The van der Waals surface area contributed by atoms with Crippen molar-refractivity contribution in [1.29, 1.82) is 0 Å². The van der Waals surface area contributed by atoms with Crippen LogP contribution in [0.1, 0.15) is 6.42 Å². The van der Waals surface area contributed by atoms with E-state index in [4.69, 9.17) is 0 Å². The smallest absolute Gasteiger partial charge is 0.224 e. The van der Waals surface area contributed by atoms with E-state index in [0.29, 0.717) is 5.75 Å². The highest BCUT2D eigenvalue weighted by atomic mass is 32.2. The Morgan fingerprint density at radius 1 is 1.43 bits per heavy atom. The second-order valence-corrected chi connectivity index (χ2v) is 5.81. The summed E-state index contributed by atoms with van der Waals surface area (Å²) in [5.41, 5.74) is 0. The van der Waals surface area contributed by atoms with Crippen molar-refractivity contribution in [3.05, 3.63) is 24.4 Å². The molecule has 0 radical (unpaired) electrons. The lowest BCUT2D eigenvalue weighted by atomic mass is 10.2. The molecule has 1 saturated heterocycles. The maximum Gasteiger partial charge on any atom is 0.224 e. The normalized spacial score (nSPS) is 25.0. The molecule has 2 N–H and O–H groups in total. The van der Waals surface area contributed by atoms with Crippen LogP contribution in [0.3, 0.4) is 0 Å². The van der Waals surface area contributed by atoms with Crippen LogP contribution in [0.2, 0.25) is 0 Å². The molecule has 1 aliphatic rings. The SMILES string of the molecule is O=S1(=O)CCC([NH2+]c2ccccn2)C1. The van der Waals surface area contributed by atoms with E-state index in [9.17, 15) is 8.42 Å². The monoisotopic (exact) mass is 213 g/mol. The molecule has 0 bridgehead atoms. The largest absolute Gasteiger partial charge is 0.294 e. The molecule has 2 rings (SSSR count). The molecular weight excluding hydrogens is 200 g/mol. The lowest BCUT2D eigenvalue weighted by Gasteiger charge is -2.04. The van der Waals surface area contributed by atoms with Crippen LogP contribution in [-0.2, 0) is 9.84 Å². The summed E-state index contributed by atoms with van der Waals surface area (Å²) in [4.78, 5) is 4.14. The summed E-state index contributed by atoms with van der Waals surface area (Å²) in [6.45, 7) is 0. The highest BCUT2D eigenvalue weighted by Gasteiger charge is 2.30. The fraction of sp³-hybridized carbons (Fsp3) is 0.444. The van der Waals surface area contributed by atoms with Gasteiger partial charge in [-0.3, -0.25) is 5.32 Å². The second-order valence-electron chi connectivity index (χ2n) is 3.58. The standard InChI is InChI=1S/C9H12N2O2S/c12-14(13)6-4-8(7-14)11-9-3-1-2-5-10-9/h1-3,5,8H,4,6-7H2,(H,10,11)/p+1. The van der Waals surface area contributed by atoms with Gasteiger partial charge in [0.15, 0.2) is 9.84 Å². The van der Waals surface area contributed by atoms with Crippen LogP contribution in [-0.4, -0.2) is 30.9 Å². The zero-order chi connectivity index (χ0) is 10.0. The van der Waals surface area contributed by atoms with E-state index >= 15 is 0 Å². The maximum absolute atomic E-state index is 11.2. The first kappa shape index (κ1) is 9.61. The molecule has 1 aromatic rings. The van der Waals surface area contributed by atoms with Crippen molar-refractivity contribution in [1.82, 2.24) is 4.98 Å². The van der Waals surface area contributed by atoms with Crippen LogP contribution in [0.4, 0.5) is 5.82 Å². The Bertz CT molecular complexity index is 402. The van der Waals surface area contributed by atoms with Gasteiger partial charge >= 0.3 is 0 Å². The third-order valence-electron chi connectivity index (χ3n) is 2.36. The first-order valence-corrected chi connectivity index (χ1v) is 6.44. The lowest BCUT2D eigenvalue weighted by molar-refractivity contribution is -0.608. The first-order valence-electron chi connectivity index (χ1n) is 4.62. The predicted molar refractivity (Wildman–Crippen MR) is 52.9 cm³/mol. The fourth-order valence-electron chi connectivity index (χ4n) is 1.67. The van der Waals surface area contributed by atoms with Crippen LogP contribution >= 0.6 is 0 Å². The van der Waals surface area contributed by atoms with Crippen molar-refractivity contribution in [2.75, 3.05) is 11.5 Å². The Morgan fingerprint density at radius 2 is 2.29 bits per heavy atom. The zero-order valence-electron chi connectivity index (χ0n) is 7.76. The predicted octanol–water partition coefficient (Wildman–Crippen LogP) is -0.536. The average molecular weight is 213 g/mol. The van der Waals surface area contributed by atoms with Gasteiger partial charge in [-0.1, -0.05) is 6.07 Å². The van der Waals surface area contributed by atoms with Crippen molar-refractivity contribution in [3.63, 3.8) is 0 Å². The van der Waals surface area contributed by atoms with Gasteiger partial charge in [-0.2, -0.15) is 0 Å². The molecule has 4 nitrogen and oxygen atoms in total. The van der Waals surface area contributed by atoms with Gasteiger partial charge in [0.05, 0.1) is 5.75 Å². The van der Waals surface area contributed by atoms with Crippen molar-refractivity contribution < 1.29 is 13.7 Å². The molecule has 1 fully saturated rings. The molecule has 14 heavy (non-hydrogen) atoms. The number of sulfone groups is 1. The van der Waals surface area contributed by atoms with Gasteiger partial charge in [0.25, 0.3) is 0 Å². The van der Waals surface area contributed by atoms with Crippen molar-refractivity contribution >= 4 is 15.7 Å². The van der Waals surface area contributed by atoms with Gasteiger partial charge in [0, 0.05) is 18.7 Å². The highest BCUT2D eigenvalue weighted by Crippen LogP contribution is 2.08. The minimum Gasteiger partial charge on any atom is -0.294 e. The average Bonchev–Trinajstić information content (AvgIpc) is 2.47. The number of quaternary nitrogens is 1. The van der Waals surface area contributed by atoms with E-state index in [1.165, 1.54) is 0 Å². The summed E-state index contributed by atoms with van der Waals surface area (Å²) in [7, 11) is -2.77. The van der Waals surface area contributed by atoms with Crippen molar-refractivity contribution in [3.8, 4) is 0 Å². The quantitative estimate of drug-likeness (QED) is 0.718. The number of rotatable bonds is 2. The van der Waals surface area contributed by atoms with Gasteiger partial charge in [-0.05, 0) is 6.07 Å². The summed E-state index contributed by atoms with van der Waals surface area (Å²) in [6, 6.07) is 5.80. The van der Waals surface area contributed by atoms with Gasteiger partial charge < -0.3 is 0 Å². The van der Waals surface area contributed by atoms with Gasteiger partial charge in [0.1, 0.15) is 11.8 Å². The summed E-state index contributed by atoms with van der Waals surface area (Å²) in [5, 5.41) is 1.95. The minimum atomic E-state index is -2.77. The Morgan fingerprint density at radius 3 is 2.86 bits per heavy atom. The van der Waals surface area contributed by atoms with Crippen molar-refractivity contribution in [2.45, 2.75) is 12.5 Å². The molecule has 2 heterocycles. The number of nitrogens with zero attached hydrogens (tertiary/aromatic N) is 1. The summed E-state index contributed by atoms with van der Waals surface area (Å²) >= 11 is 0. The molecular formula is C9H13N2O2S+. The molecule has 1 atom stereocenters. The Hall–Kier alpha value is -0.940. The highest BCUT2D eigenvalue weighted by molar-refractivity contribution is 7.91. The molecule has 1 unspecified atom stereocenters. The lowest BCUT2D eigenvalue weighted by Crippen LogP contribution is -2.85. The van der Waals surface area contributed by atoms with Gasteiger partial charge in [-0.25, -0.2) is 13.4 Å². The number of hydrogen-bond donors (Lipinski definition) is 1. The van der Waals surface area contributed by atoms with Crippen LogP contribution in [0.5, 0.6) is 0 Å². The Balaban J connectivity index is 2.01. The number of nitrogens with two attached hydrogens (primary N) is 1. The second kappa shape index (κ2) is 3.67. The van der Waals surface area contributed by atoms with E-state index in [0.717, 1.165) is 12.2 Å². The maximum atomic E-state index is 11.2. The summed E-state index contributed by atoms with van der Waals surface area (Å²) < 4.78 is 22.4. The molecule has 0 spiro atoms. The van der Waals surface area contributed by atoms with E-state index in [1.54, 1.807) is 6.20 Å². The third kappa shape index (κ3) is 2.30. The van der Waals surface area contributed by atoms with Gasteiger partial charge in [-0.15, -0.1) is 0 Å². The summed E-state index contributed by atoms with van der Waals surface area (Å²) in [5.74, 6) is 1.47. The molecule has 0 saturated carbocycles. The zero-order valence-corrected chi connectivity index (χ0v) is 8.57. The number of aromatic nitrogens is 1. The van der Waals surface area contributed by atoms with Crippen LogP contribution in [0.25, 0.3) is 0 Å². The topological polar surface area (TPSA) is 63.6 Å². The number of hydrogen-bond acceptors (Lipinski definition) is 3. The fourth-order valence-corrected chi connectivity index (χ4v) is 3.42. The number of pyridine rings is 1. The molecule has 0 aliphatic carbocycles. The first-order chi connectivity index (χ1) is 6.66. The molecule has 1 aliphatic heterocycles. The third-order valence-corrected chi connectivity index (χ3v) is 4.16. The van der Waals surface area contributed by atoms with E-state index in [2.05, 4.69) is 4.98 Å². The molecule has 0 amide bonds. The molecule has 0 aromatic carbocycles. The van der Waals surface area contributed by atoms with Crippen LogP contribution in [0.15, 0.2) is 24.4 Å². The molecule has 5 heteroatoms. The van der Waals surface area contributed by atoms with E-state index in [-0.39, 0.29) is 11.8 Å². The Labute approximate surface area is 83.3 Å². The van der Waals surface area contributed by atoms with Crippen molar-refractivity contribution in [2.24, 2.45) is 0 Å². The molecule has 1 aromatic heterocycles. The minimum absolute atomic E-state index is 0.148. The summed E-state index contributed by atoms with van der Waals surface area (Å²) in [6.07, 6.45) is 2.45. The van der Waals surface area contributed by atoms with Crippen LogP contribution < -0.4 is 5.32 Å². The Kier molecular flexibility index (Phi) is 2.52. The van der Waals surface area contributed by atoms with Crippen LogP contribution in [0, 0.1) is 0 Å². The van der Waals surface area contributed by atoms with Gasteiger partial charge in [0.2, 0.25) is 5.82 Å². The van der Waals surface area contributed by atoms with E-state index < -0.39 is 9.84 Å².